The lowest BCUT2D eigenvalue weighted by molar-refractivity contribution is -0.0637. The Balaban J connectivity index is 2.38. The highest BCUT2D eigenvalue weighted by Gasteiger charge is 2.26. The van der Waals surface area contributed by atoms with Gasteiger partial charge in [0.15, 0.2) is 6.29 Å². The monoisotopic (exact) mass is 181 g/mol. The van der Waals surface area contributed by atoms with Crippen molar-refractivity contribution in [2.75, 3.05) is 0 Å². The first-order valence-electron chi connectivity index (χ1n) is 4.70. The maximum Gasteiger partial charge on any atom is 0.158 e. The Morgan fingerprint density at radius 1 is 1.54 bits per heavy atom. The fourth-order valence-corrected chi connectivity index (χ4v) is 2.19. The van der Waals surface area contributed by atoms with Crippen molar-refractivity contribution in [1.82, 2.24) is 4.57 Å². The van der Waals surface area contributed by atoms with Crippen molar-refractivity contribution in [1.29, 1.82) is 0 Å². The number of aromatic nitrogens is 1. The number of hydrogen-bond acceptors (Lipinski definition) is 2. The van der Waals surface area contributed by atoms with E-state index in [1.54, 1.807) is 0 Å². The maximum absolute atomic E-state index is 9.18. The van der Waals surface area contributed by atoms with Crippen LogP contribution in [-0.4, -0.2) is 21.1 Å². The molecule has 0 saturated heterocycles. The van der Waals surface area contributed by atoms with E-state index in [9.17, 15) is 10.2 Å². The van der Waals surface area contributed by atoms with Gasteiger partial charge in [0.25, 0.3) is 0 Å². The minimum atomic E-state index is -1.21. The van der Waals surface area contributed by atoms with Crippen LogP contribution >= 0.6 is 0 Å². The van der Waals surface area contributed by atoms with Crippen molar-refractivity contribution >= 4 is 0 Å². The fourth-order valence-electron chi connectivity index (χ4n) is 2.19. The molecule has 72 valence electrons. The summed E-state index contributed by atoms with van der Waals surface area (Å²) in [4.78, 5) is 0. The lowest BCUT2D eigenvalue weighted by Gasteiger charge is -2.24. The molecule has 0 fully saturated rings. The number of aliphatic hydroxyl groups is 2. The molecule has 0 radical (unpaired) electrons. The molecule has 3 nitrogen and oxygen atoms in total. The van der Waals surface area contributed by atoms with Gasteiger partial charge in [0, 0.05) is 24.9 Å². The zero-order chi connectivity index (χ0) is 9.42. The highest BCUT2D eigenvalue weighted by atomic mass is 16.5. The molecule has 13 heavy (non-hydrogen) atoms. The third-order valence-electron chi connectivity index (χ3n) is 2.92. The highest BCUT2D eigenvalue weighted by molar-refractivity contribution is 5.29. The van der Waals surface area contributed by atoms with E-state index in [1.165, 1.54) is 5.69 Å². The molecule has 3 heteroatoms. The third kappa shape index (κ3) is 1.38. The molecular formula is C10H15NO2. The molecule has 1 heterocycles. The van der Waals surface area contributed by atoms with E-state index in [4.69, 9.17) is 0 Å². The Hall–Kier alpha value is -0.800. The topological polar surface area (TPSA) is 45.4 Å². The van der Waals surface area contributed by atoms with Gasteiger partial charge in [0.2, 0.25) is 0 Å². The maximum atomic E-state index is 9.18. The number of aryl methyl sites for hydroxylation is 1. The van der Waals surface area contributed by atoms with Crippen LogP contribution in [-0.2, 0) is 13.5 Å². The first-order valence-corrected chi connectivity index (χ1v) is 4.70. The summed E-state index contributed by atoms with van der Waals surface area (Å²) in [5.74, 6) is -0.0788. The van der Waals surface area contributed by atoms with E-state index in [0.717, 1.165) is 24.8 Å². The second-order valence-corrected chi connectivity index (χ2v) is 3.74. The summed E-state index contributed by atoms with van der Waals surface area (Å²) in [6.45, 7) is 0. The summed E-state index contributed by atoms with van der Waals surface area (Å²) < 4.78 is 2.07. The van der Waals surface area contributed by atoms with E-state index in [-0.39, 0.29) is 5.92 Å². The Morgan fingerprint density at radius 2 is 2.31 bits per heavy atom. The SMILES string of the molecule is Cn1ccc2c1CCCC2C(O)O. The molecule has 0 saturated carbocycles. The van der Waals surface area contributed by atoms with Gasteiger partial charge in [-0.2, -0.15) is 0 Å². The summed E-state index contributed by atoms with van der Waals surface area (Å²) >= 11 is 0. The van der Waals surface area contributed by atoms with Crippen molar-refractivity contribution in [2.45, 2.75) is 31.5 Å². The van der Waals surface area contributed by atoms with Gasteiger partial charge in [0.05, 0.1) is 0 Å². The van der Waals surface area contributed by atoms with Crippen molar-refractivity contribution < 1.29 is 10.2 Å². The van der Waals surface area contributed by atoms with Gasteiger partial charge in [-0.15, -0.1) is 0 Å². The molecule has 0 aliphatic heterocycles. The smallest absolute Gasteiger partial charge is 0.158 e. The summed E-state index contributed by atoms with van der Waals surface area (Å²) in [6, 6.07) is 2.00. The zero-order valence-corrected chi connectivity index (χ0v) is 7.77. The fraction of sp³-hybridized carbons (Fsp3) is 0.600. The van der Waals surface area contributed by atoms with Crippen LogP contribution in [0.3, 0.4) is 0 Å². The molecule has 1 aliphatic carbocycles. The van der Waals surface area contributed by atoms with Gasteiger partial charge < -0.3 is 14.8 Å². The van der Waals surface area contributed by atoms with Gasteiger partial charge in [0.1, 0.15) is 0 Å². The molecule has 0 amide bonds. The van der Waals surface area contributed by atoms with Crippen LogP contribution in [0.2, 0.25) is 0 Å². The third-order valence-corrected chi connectivity index (χ3v) is 2.92. The van der Waals surface area contributed by atoms with E-state index >= 15 is 0 Å². The van der Waals surface area contributed by atoms with Crippen LogP contribution in [0.4, 0.5) is 0 Å². The van der Waals surface area contributed by atoms with Crippen molar-refractivity contribution in [3.8, 4) is 0 Å². The largest absolute Gasteiger partial charge is 0.368 e. The van der Waals surface area contributed by atoms with Crippen LogP contribution in [0.15, 0.2) is 12.3 Å². The van der Waals surface area contributed by atoms with Crippen molar-refractivity contribution in [2.24, 2.45) is 7.05 Å². The van der Waals surface area contributed by atoms with Crippen LogP contribution in [0.1, 0.15) is 30.0 Å². The normalized spacial score (nSPS) is 22.0. The predicted molar refractivity (Wildman–Crippen MR) is 49.3 cm³/mol. The molecule has 0 spiro atoms. The average Bonchev–Trinajstić information content (AvgIpc) is 2.48. The number of hydrogen-bond donors (Lipinski definition) is 2. The minimum Gasteiger partial charge on any atom is -0.368 e. The first-order chi connectivity index (χ1) is 6.20. The number of fused-ring (bicyclic) bond motifs is 1. The first kappa shape index (κ1) is 8.78. The molecule has 0 bridgehead atoms. The van der Waals surface area contributed by atoms with E-state index in [2.05, 4.69) is 4.57 Å². The van der Waals surface area contributed by atoms with Crippen LogP contribution in [0.25, 0.3) is 0 Å². The van der Waals surface area contributed by atoms with Gasteiger partial charge in [-0.25, -0.2) is 0 Å². The summed E-state index contributed by atoms with van der Waals surface area (Å²) in [6.07, 6.45) is 3.77. The van der Waals surface area contributed by atoms with E-state index in [0.29, 0.717) is 0 Å². The number of nitrogens with zero attached hydrogens (tertiary/aromatic N) is 1. The second kappa shape index (κ2) is 3.16. The molecule has 1 aromatic heterocycles. The second-order valence-electron chi connectivity index (χ2n) is 3.74. The molecule has 1 unspecified atom stereocenters. The van der Waals surface area contributed by atoms with Gasteiger partial charge in [-0.1, -0.05) is 0 Å². The Morgan fingerprint density at radius 3 is 3.00 bits per heavy atom. The van der Waals surface area contributed by atoms with Crippen molar-refractivity contribution in [3.05, 3.63) is 23.5 Å². The zero-order valence-electron chi connectivity index (χ0n) is 7.77. The number of rotatable bonds is 1. The molecule has 2 rings (SSSR count). The molecule has 1 atom stereocenters. The standard InChI is InChI=1S/C10H15NO2/c1-11-6-5-7-8(10(12)13)3-2-4-9(7)11/h5-6,8,10,12-13H,2-4H2,1H3. The molecular weight excluding hydrogens is 166 g/mol. The van der Waals surface area contributed by atoms with E-state index < -0.39 is 6.29 Å². The molecule has 2 N–H and O–H groups in total. The lowest BCUT2D eigenvalue weighted by atomic mass is 9.86. The predicted octanol–water partition coefficient (Wildman–Crippen LogP) is 0.756. The van der Waals surface area contributed by atoms with Crippen LogP contribution in [0, 0.1) is 0 Å². The van der Waals surface area contributed by atoms with Gasteiger partial charge in [-0.05, 0) is 30.9 Å². The molecule has 1 aliphatic rings. The minimum absolute atomic E-state index is 0.0788. The van der Waals surface area contributed by atoms with Crippen LogP contribution < -0.4 is 0 Å². The lowest BCUT2D eigenvalue weighted by Crippen LogP contribution is -2.22. The van der Waals surface area contributed by atoms with Crippen molar-refractivity contribution in [3.63, 3.8) is 0 Å². The number of aliphatic hydroxyl groups excluding tert-OH is 1. The van der Waals surface area contributed by atoms with E-state index in [1.807, 2.05) is 19.3 Å². The quantitative estimate of drug-likeness (QED) is 0.628. The van der Waals surface area contributed by atoms with Gasteiger partial charge in [-0.3, -0.25) is 0 Å². The Kier molecular flexibility index (Phi) is 2.14. The summed E-state index contributed by atoms with van der Waals surface area (Å²) in [5, 5.41) is 18.4. The van der Waals surface area contributed by atoms with Crippen LogP contribution in [0.5, 0.6) is 0 Å². The average molecular weight is 181 g/mol. The molecule has 0 aromatic carbocycles. The van der Waals surface area contributed by atoms with Gasteiger partial charge >= 0.3 is 0 Å². The molecule has 1 aromatic rings. The Labute approximate surface area is 77.6 Å². The summed E-state index contributed by atoms with van der Waals surface area (Å²) in [5.41, 5.74) is 2.37. The summed E-state index contributed by atoms with van der Waals surface area (Å²) in [7, 11) is 2.00. The highest BCUT2D eigenvalue weighted by Crippen LogP contribution is 2.33. The Bertz CT molecular complexity index is 304.